The van der Waals surface area contributed by atoms with Crippen LogP contribution in [0.2, 0.25) is 0 Å². The number of hydrogen-bond acceptors (Lipinski definition) is 5. The van der Waals surface area contributed by atoms with Crippen LogP contribution < -0.4 is 14.8 Å². The lowest BCUT2D eigenvalue weighted by Crippen LogP contribution is -2.38. The molecule has 0 saturated carbocycles. The van der Waals surface area contributed by atoms with Gasteiger partial charge in [-0.25, -0.2) is 0 Å². The number of H-pyrrole nitrogens is 1. The summed E-state index contributed by atoms with van der Waals surface area (Å²) in [6.45, 7) is 0. The quantitative estimate of drug-likeness (QED) is 0.702. The Morgan fingerprint density at radius 1 is 1.11 bits per heavy atom. The maximum absolute atomic E-state index is 12.5. The topological polar surface area (TPSA) is 63.4 Å². The van der Waals surface area contributed by atoms with E-state index >= 15 is 0 Å². The van der Waals surface area contributed by atoms with Crippen molar-refractivity contribution in [1.29, 1.82) is 0 Å². The van der Waals surface area contributed by atoms with Gasteiger partial charge in [0.15, 0.2) is 0 Å². The number of aromatic nitrogens is 1. The van der Waals surface area contributed by atoms with Gasteiger partial charge in [-0.2, -0.15) is 0 Å². The van der Waals surface area contributed by atoms with Crippen LogP contribution in [-0.4, -0.2) is 30.4 Å². The maximum Gasteiger partial charge on any atom is 0.215 e. The van der Waals surface area contributed by atoms with Gasteiger partial charge in [-0.1, -0.05) is 30.0 Å². The number of carbonyl (C=O) groups is 1. The summed E-state index contributed by atoms with van der Waals surface area (Å²) in [4.78, 5) is 15.8. The number of rotatable bonds is 5. The molecule has 1 aromatic heterocycles. The summed E-state index contributed by atoms with van der Waals surface area (Å²) in [5, 5.41) is 6.49. The molecule has 0 amide bonds. The van der Waals surface area contributed by atoms with Crippen molar-refractivity contribution in [3.05, 3.63) is 65.2 Å². The molecule has 2 N–H and O–H groups in total. The number of nitrogens with one attached hydrogen (secondary N) is 2. The van der Waals surface area contributed by atoms with E-state index in [4.69, 9.17) is 9.47 Å². The van der Waals surface area contributed by atoms with Crippen molar-refractivity contribution in [3.63, 3.8) is 0 Å². The Labute approximate surface area is 161 Å². The van der Waals surface area contributed by atoms with E-state index in [0.717, 1.165) is 33.5 Å². The van der Waals surface area contributed by atoms with E-state index in [0.29, 0.717) is 12.2 Å². The molecule has 5 nitrogen and oxygen atoms in total. The number of para-hydroxylation sites is 1. The third-order valence-corrected chi connectivity index (χ3v) is 5.58. The van der Waals surface area contributed by atoms with Gasteiger partial charge in [-0.05, 0) is 23.8 Å². The van der Waals surface area contributed by atoms with Gasteiger partial charge < -0.3 is 19.8 Å². The molecule has 4 rings (SSSR count). The number of aromatic amines is 1. The molecule has 0 spiro atoms. The summed E-state index contributed by atoms with van der Waals surface area (Å²) in [6.07, 6.45) is 2.60. The lowest BCUT2D eigenvalue weighted by Gasteiger charge is -2.25. The first-order valence-electron chi connectivity index (χ1n) is 8.64. The summed E-state index contributed by atoms with van der Waals surface area (Å²) in [5.74, 6) is 1.43. The Balaban J connectivity index is 1.60. The minimum Gasteiger partial charge on any atom is -0.497 e. The first-order valence-corrected chi connectivity index (χ1v) is 9.52. The first kappa shape index (κ1) is 17.5. The van der Waals surface area contributed by atoms with Gasteiger partial charge in [0.1, 0.15) is 11.5 Å². The first-order chi connectivity index (χ1) is 13.2. The van der Waals surface area contributed by atoms with E-state index in [1.54, 1.807) is 14.2 Å². The van der Waals surface area contributed by atoms with Crippen LogP contribution in [-0.2, 0) is 11.2 Å². The predicted octanol–water partition coefficient (Wildman–Crippen LogP) is 3.96. The smallest absolute Gasteiger partial charge is 0.215 e. The molecule has 1 aliphatic rings. The standard InChI is InChI=1S/C21H20N2O3S/c1-25-14-7-8-16(20(10-14)26-2)19-12-27-21(24)18(23-19)9-13-11-22-17-6-4-3-5-15(13)17/h3-8,10-12,18,22-23H,9H2,1-2H3/t18-/m0/s1. The van der Waals surface area contributed by atoms with Crippen LogP contribution in [0.25, 0.3) is 16.6 Å². The Morgan fingerprint density at radius 2 is 1.96 bits per heavy atom. The number of hydrogen-bond donors (Lipinski definition) is 2. The molecule has 0 radical (unpaired) electrons. The van der Waals surface area contributed by atoms with Crippen molar-refractivity contribution in [1.82, 2.24) is 10.3 Å². The van der Waals surface area contributed by atoms with Gasteiger partial charge in [0.25, 0.3) is 0 Å². The fourth-order valence-corrected chi connectivity index (χ4v) is 4.03. The van der Waals surface area contributed by atoms with Gasteiger partial charge in [0.05, 0.1) is 26.0 Å². The van der Waals surface area contributed by atoms with Crippen molar-refractivity contribution < 1.29 is 14.3 Å². The molecule has 1 aliphatic heterocycles. The monoisotopic (exact) mass is 380 g/mol. The van der Waals surface area contributed by atoms with E-state index in [9.17, 15) is 4.79 Å². The van der Waals surface area contributed by atoms with E-state index < -0.39 is 0 Å². The highest BCUT2D eigenvalue weighted by Crippen LogP contribution is 2.33. The molecule has 3 aromatic rings. The summed E-state index contributed by atoms with van der Waals surface area (Å²) in [5.41, 5.74) is 3.99. The Hall–Kier alpha value is -2.86. The molecular formula is C21H20N2O3S. The van der Waals surface area contributed by atoms with Crippen LogP contribution in [0.15, 0.2) is 54.1 Å². The zero-order valence-corrected chi connectivity index (χ0v) is 15.9. The SMILES string of the molecule is COc1ccc(C2=CSC(=O)[C@H](Cc3c[nH]c4ccccc34)N2)c(OC)c1. The summed E-state index contributed by atoms with van der Waals surface area (Å²) in [7, 11) is 3.25. The van der Waals surface area contributed by atoms with Crippen LogP contribution in [0.1, 0.15) is 11.1 Å². The second-order valence-corrected chi connectivity index (χ2v) is 7.17. The molecule has 0 fully saturated rings. The number of benzene rings is 2. The Morgan fingerprint density at radius 3 is 2.78 bits per heavy atom. The van der Waals surface area contributed by atoms with Gasteiger partial charge in [0.2, 0.25) is 5.12 Å². The fourth-order valence-electron chi connectivity index (χ4n) is 3.30. The molecule has 0 bridgehead atoms. The fraction of sp³-hybridized carbons (Fsp3) is 0.190. The van der Waals surface area contributed by atoms with E-state index in [-0.39, 0.29) is 11.2 Å². The van der Waals surface area contributed by atoms with E-state index in [1.807, 2.05) is 48.0 Å². The van der Waals surface area contributed by atoms with E-state index in [2.05, 4.69) is 16.4 Å². The van der Waals surface area contributed by atoms with Gasteiger partial charge in [-0.15, -0.1) is 0 Å². The van der Waals surface area contributed by atoms with Crippen LogP contribution in [0.4, 0.5) is 0 Å². The molecular weight excluding hydrogens is 360 g/mol. The van der Waals surface area contributed by atoms with Crippen molar-refractivity contribution in [2.24, 2.45) is 0 Å². The second-order valence-electron chi connectivity index (χ2n) is 6.30. The average molecular weight is 380 g/mol. The second kappa shape index (κ2) is 7.40. The van der Waals surface area contributed by atoms with Crippen molar-refractivity contribution in [2.45, 2.75) is 12.5 Å². The molecule has 1 atom stereocenters. The largest absolute Gasteiger partial charge is 0.497 e. The average Bonchev–Trinajstić information content (AvgIpc) is 3.12. The van der Waals surface area contributed by atoms with Gasteiger partial charge >= 0.3 is 0 Å². The Bertz CT molecular complexity index is 1030. The van der Waals surface area contributed by atoms with Crippen molar-refractivity contribution in [3.8, 4) is 11.5 Å². The molecule has 6 heteroatoms. The minimum atomic E-state index is -0.305. The number of carbonyl (C=O) groups excluding carboxylic acids is 1. The zero-order chi connectivity index (χ0) is 18.8. The molecule has 0 saturated heterocycles. The highest BCUT2D eigenvalue weighted by Gasteiger charge is 2.26. The lowest BCUT2D eigenvalue weighted by atomic mass is 10.0. The minimum absolute atomic E-state index is 0.108. The summed E-state index contributed by atoms with van der Waals surface area (Å²) < 4.78 is 10.8. The highest BCUT2D eigenvalue weighted by atomic mass is 32.2. The van der Waals surface area contributed by atoms with Gasteiger partial charge in [-0.3, -0.25) is 4.79 Å². The van der Waals surface area contributed by atoms with Crippen LogP contribution in [0.5, 0.6) is 11.5 Å². The molecule has 0 unspecified atom stereocenters. The number of ether oxygens (including phenoxy) is 2. The van der Waals surface area contributed by atoms with Crippen LogP contribution in [0.3, 0.4) is 0 Å². The highest BCUT2D eigenvalue weighted by molar-refractivity contribution is 8.16. The molecule has 2 aromatic carbocycles. The van der Waals surface area contributed by atoms with Crippen molar-refractivity contribution >= 4 is 33.5 Å². The molecule has 27 heavy (non-hydrogen) atoms. The predicted molar refractivity (Wildman–Crippen MR) is 109 cm³/mol. The third kappa shape index (κ3) is 3.40. The van der Waals surface area contributed by atoms with Gasteiger partial charge in [0, 0.05) is 40.6 Å². The number of thioether (sulfide) groups is 1. The number of fused-ring (bicyclic) bond motifs is 1. The van der Waals surface area contributed by atoms with Crippen LogP contribution >= 0.6 is 11.8 Å². The van der Waals surface area contributed by atoms with Crippen LogP contribution in [0, 0.1) is 0 Å². The molecule has 2 heterocycles. The lowest BCUT2D eigenvalue weighted by molar-refractivity contribution is -0.112. The normalized spacial score (nSPS) is 16.7. The molecule has 138 valence electrons. The zero-order valence-electron chi connectivity index (χ0n) is 15.1. The Kier molecular flexibility index (Phi) is 4.81. The third-order valence-electron chi connectivity index (χ3n) is 4.71. The van der Waals surface area contributed by atoms with E-state index in [1.165, 1.54) is 11.8 Å². The molecule has 0 aliphatic carbocycles. The van der Waals surface area contributed by atoms with Crippen molar-refractivity contribution in [2.75, 3.05) is 14.2 Å². The summed E-state index contributed by atoms with van der Waals surface area (Å²) in [6, 6.07) is 13.5. The maximum atomic E-state index is 12.5. The summed E-state index contributed by atoms with van der Waals surface area (Å²) >= 11 is 1.23. The number of methoxy groups -OCH3 is 2.